The number of halogens is 3. The normalized spacial score (nSPS) is 21.5. The van der Waals surface area contributed by atoms with Crippen molar-refractivity contribution in [2.75, 3.05) is 13.1 Å². The zero-order valence-electron chi connectivity index (χ0n) is 12.6. The summed E-state index contributed by atoms with van der Waals surface area (Å²) in [6.07, 6.45) is 0. The highest BCUT2D eigenvalue weighted by atomic mass is 35.5. The van der Waals surface area contributed by atoms with Gasteiger partial charge in [-0.25, -0.2) is 12.8 Å². The topological polar surface area (TPSA) is 63.4 Å². The maximum absolute atomic E-state index is 13.5. The van der Waals surface area contributed by atoms with Crippen LogP contribution < -0.4 is 5.73 Å². The monoisotopic (exact) mass is 390 g/mol. The lowest BCUT2D eigenvalue weighted by molar-refractivity contribution is 0.469. The van der Waals surface area contributed by atoms with E-state index in [1.807, 2.05) is 30.3 Å². The molecule has 2 atom stereocenters. The molecule has 4 nitrogen and oxygen atoms in total. The van der Waals surface area contributed by atoms with Gasteiger partial charge in [0.05, 0.1) is 4.90 Å². The van der Waals surface area contributed by atoms with E-state index in [2.05, 4.69) is 0 Å². The quantitative estimate of drug-likeness (QED) is 0.875. The van der Waals surface area contributed by atoms with Crippen LogP contribution in [0.25, 0.3) is 0 Å². The Bertz CT molecular complexity index is 798. The Kier molecular flexibility index (Phi) is 5.88. The van der Waals surface area contributed by atoms with Gasteiger partial charge in [-0.05, 0) is 23.8 Å². The van der Waals surface area contributed by atoms with Gasteiger partial charge in [0.25, 0.3) is 0 Å². The maximum atomic E-state index is 13.5. The van der Waals surface area contributed by atoms with Gasteiger partial charge >= 0.3 is 0 Å². The van der Waals surface area contributed by atoms with Crippen molar-refractivity contribution in [2.24, 2.45) is 5.73 Å². The number of nitrogens with two attached hydrogens (primary N) is 1. The van der Waals surface area contributed by atoms with E-state index in [-0.39, 0.29) is 47.4 Å². The molecular formula is C16H17Cl2FN2O2S. The molecule has 2 N–H and O–H groups in total. The van der Waals surface area contributed by atoms with E-state index in [0.717, 1.165) is 17.7 Å². The van der Waals surface area contributed by atoms with Crippen LogP contribution >= 0.6 is 24.0 Å². The SMILES string of the molecule is Cl.N[C@@H]1CN(S(=O)(=O)c2cc(F)cc(Cl)c2)C[C@H]1c1ccccc1. The fourth-order valence-electron chi connectivity index (χ4n) is 2.87. The summed E-state index contributed by atoms with van der Waals surface area (Å²) in [6, 6.07) is 12.5. The third-order valence-corrected chi connectivity index (χ3v) is 6.06. The summed E-state index contributed by atoms with van der Waals surface area (Å²) >= 11 is 5.77. The van der Waals surface area contributed by atoms with Gasteiger partial charge in [-0.2, -0.15) is 4.31 Å². The van der Waals surface area contributed by atoms with Crippen LogP contribution in [0.2, 0.25) is 5.02 Å². The number of hydrogen-bond donors (Lipinski definition) is 1. The van der Waals surface area contributed by atoms with Crippen molar-refractivity contribution in [1.29, 1.82) is 0 Å². The Hall–Kier alpha value is -1.18. The van der Waals surface area contributed by atoms with Crippen LogP contribution in [0.1, 0.15) is 11.5 Å². The van der Waals surface area contributed by atoms with E-state index >= 15 is 0 Å². The van der Waals surface area contributed by atoms with Gasteiger partial charge in [-0.1, -0.05) is 41.9 Å². The van der Waals surface area contributed by atoms with Crippen LogP contribution in [0.3, 0.4) is 0 Å². The maximum Gasteiger partial charge on any atom is 0.243 e. The molecule has 0 unspecified atom stereocenters. The lowest BCUT2D eigenvalue weighted by atomic mass is 9.95. The zero-order valence-corrected chi connectivity index (χ0v) is 15.0. The molecule has 0 amide bonds. The fourth-order valence-corrected chi connectivity index (χ4v) is 4.71. The molecule has 2 aromatic rings. The van der Waals surface area contributed by atoms with Crippen molar-refractivity contribution in [2.45, 2.75) is 16.9 Å². The van der Waals surface area contributed by atoms with Gasteiger partial charge < -0.3 is 5.73 Å². The van der Waals surface area contributed by atoms with E-state index in [1.54, 1.807) is 0 Å². The molecule has 0 aromatic heterocycles. The van der Waals surface area contributed by atoms with Crippen LogP contribution in [-0.2, 0) is 10.0 Å². The molecule has 3 rings (SSSR count). The molecule has 1 fully saturated rings. The molecule has 0 aliphatic carbocycles. The summed E-state index contributed by atoms with van der Waals surface area (Å²) < 4.78 is 40.2. The number of sulfonamides is 1. The van der Waals surface area contributed by atoms with Gasteiger partial charge in [0, 0.05) is 30.1 Å². The third-order valence-electron chi connectivity index (χ3n) is 4.03. The van der Waals surface area contributed by atoms with E-state index in [9.17, 15) is 12.8 Å². The van der Waals surface area contributed by atoms with Gasteiger partial charge in [0.15, 0.2) is 0 Å². The first kappa shape index (κ1) is 19.1. The van der Waals surface area contributed by atoms with Crippen LogP contribution in [0.15, 0.2) is 53.4 Å². The van der Waals surface area contributed by atoms with Gasteiger partial charge in [0.2, 0.25) is 10.0 Å². The number of nitrogens with zero attached hydrogens (tertiary/aromatic N) is 1. The van der Waals surface area contributed by atoms with Gasteiger partial charge in [0.1, 0.15) is 5.82 Å². The average molecular weight is 391 g/mol. The summed E-state index contributed by atoms with van der Waals surface area (Å²) in [5.41, 5.74) is 7.13. The zero-order chi connectivity index (χ0) is 16.6. The second kappa shape index (κ2) is 7.37. The second-order valence-electron chi connectivity index (χ2n) is 5.61. The third kappa shape index (κ3) is 3.73. The predicted octanol–water partition coefficient (Wildman–Crippen LogP) is 3.02. The highest BCUT2D eigenvalue weighted by Gasteiger charge is 2.38. The summed E-state index contributed by atoms with van der Waals surface area (Å²) in [4.78, 5) is -0.150. The Balaban J connectivity index is 0.00000208. The molecule has 0 saturated carbocycles. The molecule has 24 heavy (non-hydrogen) atoms. The van der Waals surface area contributed by atoms with Crippen LogP contribution in [0, 0.1) is 5.82 Å². The van der Waals surface area contributed by atoms with Crippen LogP contribution in [-0.4, -0.2) is 31.9 Å². The van der Waals surface area contributed by atoms with Crippen LogP contribution in [0.4, 0.5) is 4.39 Å². The lowest BCUT2D eigenvalue weighted by Gasteiger charge is -2.17. The predicted molar refractivity (Wildman–Crippen MR) is 94.6 cm³/mol. The van der Waals surface area contributed by atoms with E-state index in [1.165, 1.54) is 10.4 Å². The molecule has 130 valence electrons. The molecule has 0 spiro atoms. The Morgan fingerprint density at radius 2 is 1.79 bits per heavy atom. The van der Waals surface area contributed by atoms with E-state index in [0.29, 0.717) is 0 Å². The second-order valence-corrected chi connectivity index (χ2v) is 7.98. The molecule has 1 saturated heterocycles. The van der Waals surface area contributed by atoms with Crippen molar-refractivity contribution >= 4 is 34.0 Å². The Morgan fingerprint density at radius 1 is 1.12 bits per heavy atom. The summed E-state index contributed by atoms with van der Waals surface area (Å²) in [5, 5.41) is 0.0479. The molecule has 8 heteroatoms. The number of rotatable bonds is 3. The Morgan fingerprint density at radius 3 is 2.42 bits per heavy atom. The Labute approximate surface area is 151 Å². The van der Waals surface area contributed by atoms with Crippen molar-refractivity contribution in [3.8, 4) is 0 Å². The van der Waals surface area contributed by atoms with Crippen molar-refractivity contribution < 1.29 is 12.8 Å². The standard InChI is InChI=1S/C16H16ClFN2O2S.ClH/c17-12-6-13(18)8-14(7-12)23(21,22)20-9-15(16(19)10-20)11-4-2-1-3-5-11;/h1-8,15-16H,9-10,19H2;1H/t15-,16+;/m0./s1. The highest BCUT2D eigenvalue weighted by Crippen LogP contribution is 2.31. The minimum atomic E-state index is -3.83. The fraction of sp³-hybridized carbons (Fsp3) is 0.250. The first-order valence-corrected chi connectivity index (χ1v) is 8.96. The largest absolute Gasteiger partial charge is 0.326 e. The first-order chi connectivity index (χ1) is 10.9. The number of hydrogen-bond acceptors (Lipinski definition) is 3. The molecule has 1 aliphatic rings. The van der Waals surface area contributed by atoms with E-state index in [4.69, 9.17) is 17.3 Å². The summed E-state index contributed by atoms with van der Waals surface area (Å²) in [5.74, 6) is -0.769. The van der Waals surface area contributed by atoms with Gasteiger partial charge in [-0.15, -0.1) is 12.4 Å². The van der Waals surface area contributed by atoms with Crippen LogP contribution in [0.5, 0.6) is 0 Å². The minimum absolute atomic E-state index is 0. The molecule has 1 aliphatic heterocycles. The minimum Gasteiger partial charge on any atom is -0.326 e. The van der Waals surface area contributed by atoms with E-state index < -0.39 is 15.8 Å². The lowest BCUT2D eigenvalue weighted by Crippen LogP contribution is -2.32. The van der Waals surface area contributed by atoms with Crippen molar-refractivity contribution in [3.05, 3.63) is 64.9 Å². The summed E-state index contributed by atoms with van der Waals surface area (Å²) in [6.45, 7) is 0.456. The molecule has 0 bridgehead atoms. The average Bonchev–Trinajstić information content (AvgIpc) is 2.90. The van der Waals surface area contributed by atoms with Crippen molar-refractivity contribution in [3.63, 3.8) is 0 Å². The van der Waals surface area contributed by atoms with Crippen molar-refractivity contribution in [1.82, 2.24) is 4.31 Å². The molecule has 2 aromatic carbocycles. The number of benzene rings is 2. The smallest absolute Gasteiger partial charge is 0.243 e. The molecular weight excluding hydrogens is 374 g/mol. The molecule has 0 radical (unpaired) electrons. The van der Waals surface area contributed by atoms with Gasteiger partial charge in [-0.3, -0.25) is 0 Å². The summed E-state index contributed by atoms with van der Waals surface area (Å²) in [7, 11) is -3.83. The molecule has 1 heterocycles. The first-order valence-electron chi connectivity index (χ1n) is 7.15. The highest BCUT2D eigenvalue weighted by molar-refractivity contribution is 7.89.